The molecule has 0 N–H and O–H groups in total. The molecular weight excluding hydrogens is 344 g/mol. The maximum atomic E-state index is 13.0. The van der Waals surface area contributed by atoms with Crippen LogP contribution in [0.2, 0.25) is 0 Å². The van der Waals surface area contributed by atoms with Gasteiger partial charge in [0.1, 0.15) is 0 Å². The number of carbonyl (C=O) groups is 3. The lowest BCUT2D eigenvalue weighted by atomic mass is 9.90. The predicted molar refractivity (Wildman–Crippen MR) is 105 cm³/mol. The second-order valence-corrected chi connectivity index (χ2v) is 8.61. The van der Waals surface area contributed by atoms with Crippen molar-refractivity contribution in [3.8, 4) is 0 Å². The third kappa shape index (κ3) is 5.14. The van der Waals surface area contributed by atoms with Crippen LogP contribution in [0.15, 0.2) is 0 Å². The minimum atomic E-state index is -0.415. The largest absolute Gasteiger partial charge is 0.341 e. The van der Waals surface area contributed by atoms with E-state index in [0.29, 0.717) is 45.8 Å². The molecule has 0 spiro atoms. The SMILES string of the molecule is CCN(CC)C(=O)N1CCN(C(=O)C2CCCN(C(=O)C(C)(C)C)C2)CC1. The molecule has 2 fully saturated rings. The van der Waals surface area contributed by atoms with Gasteiger partial charge in [0, 0.05) is 57.8 Å². The molecule has 0 aromatic heterocycles. The number of piperazine rings is 1. The van der Waals surface area contributed by atoms with Crippen molar-refractivity contribution in [2.45, 2.75) is 47.5 Å². The van der Waals surface area contributed by atoms with Crippen LogP contribution in [0.4, 0.5) is 4.79 Å². The maximum absolute atomic E-state index is 13.0. The third-order valence-electron chi connectivity index (χ3n) is 5.60. The van der Waals surface area contributed by atoms with Crippen LogP contribution in [0.25, 0.3) is 0 Å². The summed E-state index contributed by atoms with van der Waals surface area (Å²) in [5.41, 5.74) is -0.415. The Bertz CT molecular complexity index is 546. The van der Waals surface area contributed by atoms with Crippen LogP contribution in [0, 0.1) is 11.3 Å². The van der Waals surface area contributed by atoms with Crippen molar-refractivity contribution in [1.29, 1.82) is 0 Å². The van der Waals surface area contributed by atoms with E-state index in [4.69, 9.17) is 0 Å². The Morgan fingerprint density at radius 3 is 1.96 bits per heavy atom. The van der Waals surface area contributed by atoms with E-state index < -0.39 is 5.41 Å². The van der Waals surface area contributed by atoms with Crippen molar-refractivity contribution in [3.05, 3.63) is 0 Å². The maximum Gasteiger partial charge on any atom is 0.320 e. The molecule has 154 valence electrons. The van der Waals surface area contributed by atoms with Gasteiger partial charge in [-0.3, -0.25) is 9.59 Å². The van der Waals surface area contributed by atoms with E-state index in [1.165, 1.54) is 0 Å². The van der Waals surface area contributed by atoms with Crippen molar-refractivity contribution >= 4 is 17.8 Å². The van der Waals surface area contributed by atoms with Gasteiger partial charge in [-0.25, -0.2) is 4.79 Å². The number of rotatable bonds is 3. The summed E-state index contributed by atoms with van der Waals surface area (Å²) in [5.74, 6) is 0.140. The van der Waals surface area contributed by atoms with Gasteiger partial charge < -0.3 is 19.6 Å². The Labute approximate surface area is 163 Å². The molecule has 7 heteroatoms. The standard InChI is InChI=1S/C20H36N4O3/c1-6-21(7-2)19(27)23-13-11-22(12-14-23)17(25)16-9-8-10-24(15-16)18(26)20(3,4)5/h16H,6-15H2,1-5H3. The van der Waals surface area contributed by atoms with Gasteiger partial charge in [0.15, 0.2) is 0 Å². The van der Waals surface area contributed by atoms with Crippen molar-refractivity contribution in [1.82, 2.24) is 19.6 Å². The van der Waals surface area contributed by atoms with Gasteiger partial charge >= 0.3 is 6.03 Å². The number of likely N-dealkylation sites (tertiary alicyclic amines) is 1. The Hall–Kier alpha value is -1.79. The monoisotopic (exact) mass is 380 g/mol. The molecule has 0 radical (unpaired) electrons. The molecule has 1 unspecified atom stereocenters. The van der Waals surface area contributed by atoms with Gasteiger partial charge in [-0.05, 0) is 26.7 Å². The van der Waals surface area contributed by atoms with Crippen LogP contribution in [-0.4, -0.2) is 89.8 Å². The number of hydrogen-bond donors (Lipinski definition) is 0. The summed E-state index contributed by atoms with van der Waals surface area (Å²) in [6.45, 7) is 14.7. The summed E-state index contributed by atoms with van der Waals surface area (Å²) in [6.07, 6.45) is 1.71. The van der Waals surface area contributed by atoms with Crippen LogP contribution in [0.3, 0.4) is 0 Å². The van der Waals surface area contributed by atoms with Crippen molar-refractivity contribution in [3.63, 3.8) is 0 Å². The first-order valence-corrected chi connectivity index (χ1v) is 10.3. The second kappa shape index (κ2) is 8.93. The Morgan fingerprint density at radius 1 is 0.889 bits per heavy atom. The second-order valence-electron chi connectivity index (χ2n) is 8.61. The minimum absolute atomic E-state index is 0.0618. The first-order chi connectivity index (χ1) is 12.7. The predicted octanol–water partition coefficient (Wildman–Crippen LogP) is 1.88. The fourth-order valence-corrected chi connectivity index (χ4v) is 3.91. The first-order valence-electron chi connectivity index (χ1n) is 10.3. The lowest BCUT2D eigenvalue weighted by Crippen LogP contribution is -2.56. The minimum Gasteiger partial charge on any atom is -0.341 e. The highest BCUT2D eigenvalue weighted by atomic mass is 16.2. The van der Waals surface area contributed by atoms with Crippen LogP contribution in [0.1, 0.15) is 47.5 Å². The van der Waals surface area contributed by atoms with E-state index in [1.54, 1.807) is 0 Å². The highest BCUT2D eigenvalue weighted by Gasteiger charge is 2.36. The number of amides is 4. The van der Waals surface area contributed by atoms with Crippen molar-refractivity contribution in [2.24, 2.45) is 11.3 Å². The highest BCUT2D eigenvalue weighted by Crippen LogP contribution is 2.25. The molecule has 0 saturated carbocycles. The van der Waals surface area contributed by atoms with E-state index in [1.807, 2.05) is 54.2 Å². The molecule has 2 saturated heterocycles. The van der Waals surface area contributed by atoms with Gasteiger partial charge in [-0.15, -0.1) is 0 Å². The van der Waals surface area contributed by atoms with Crippen LogP contribution in [0.5, 0.6) is 0 Å². The van der Waals surface area contributed by atoms with E-state index in [0.717, 1.165) is 19.4 Å². The molecule has 0 aromatic rings. The molecule has 4 amide bonds. The number of nitrogens with zero attached hydrogens (tertiary/aromatic N) is 4. The van der Waals surface area contributed by atoms with Crippen LogP contribution < -0.4 is 0 Å². The van der Waals surface area contributed by atoms with Crippen LogP contribution in [-0.2, 0) is 9.59 Å². The number of carbonyl (C=O) groups excluding carboxylic acids is 3. The molecule has 1 atom stereocenters. The van der Waals surface area contributed by atoms with Gasteiger partial charge in [-0.2, -0.15) is 0 Å². The zero-order valence-electron chi connectivity index (χ0n) is 17.7. The smallest absolute Gasteiger partial charge is 0.320 e. The molecule has 2 aliphatic rings. The molecule has 7 nitrogen and oxygen atoms in total. The fourth-order valence-electron chi connectivity index (χ4n) is 3.91. The normalized spacial score (nSPS) is 21.2. The highest BCUT2D eigenvalue weighted by molar-refractivity contribution is 5.84. The van der Waals surface area contributed by atoms with Gasteiger partial charge in [0.2, 0.25) is 11.8 Å². The topological polar surface area (TPSA) is 64.2 Å². The van der Waals surface area contributed by atoms with E-state index in [2.05, 4.69) is 0 Å². The Kier molecular flexibility index (Phi) is 7.12. The van der Waals surface area contributed by atoms with Gasteiger partial charge in [-0.1, -0.05) is 20.8 Å². The Morgan fingerprint density at radius 2 is 1.44 bits per heavy atom. The molecule has 2 rings (SSSR count). The van der Waals surface area contributed by atoms with E-state index in [-0.39, 0.29) is 23.8 Å². The average Bonchev–Trinajstić information content (AvgIpc) is 2.67. The summed E-state index contributed by atoms with van der Waals surface area (Å²) < 4.78 is 0. The van der Waals surface area contributed by atoms with E-state index >= 15 is 0 Å². The summed E-state index contributed by atoms with van der Waals surface area (Å²) in [4.78, 5) is 45.4. The molecule has 0 bridgehead atoms. The summed E-state index contributed by atoms with van der Waals surface area (Å²) >= 11 is 0. The summed E-state index contributed by atoms with van der Waals surface area (Å²) in [7, 11) is 0. The van der Waals surface area contributed by atoms with Crippen LogP contribution >= 0.6 is 0 Å². The lowest BCUT2D eigenvalue weighted by Gasteiger charge is -2.41. The van der Waals surface area contributed by atoms with Crippen molar-refractivity contribution in [2.75, 3.05) is 52.4 Å². The fraction of sp³-hybridized carbons (Fsp3) is 0.850. The average molecular weight is 381 g/mol. The molecule has 0 aromatic carbocycles. The zero-order chi connectivity index (χ0) is 20.2. The number of urea groups is 1. The molecule has 2 heterocycles. The Balaban J connectivity index is 1.90. The summed E-state index contributed by atoms with van der Waals surface area (Å²) in [6, 6.07) is 0.0618. The molecule has 2 aliphatic heterocycles. The molecular formula is C20H36N4O3. The zero-order valence-corrected chi connectivity index (χ0v) is 17.7. The first kappa shape index (κ1) is 21.5. The molecule has 0 aliphatic carbocycles. The van der Waals surface area contributed by atoms with E-state index in [9.17, 15) is 14.4 Å². The lowest BCUT2D eigenvalue weighted by molar-refractivity contribution is -0.146. The number of hydrogen-bond acceptors (Lipinski definition) is 3. The number of piperidine rings is 1. The third-order valence-corrected chi connectivity index (χ3v) is 5.60. The van der Waals surface area contributed by atoms with Gasteiger partial charge in [0.05, 0.1) is 5.92 Å². The van der Waals surface area contributed by atoms with Gasteiger partial charge in [0.25, 0.3) is 0 Å². The quantitative estimate of drug-likeness (QED) is 0.751. The van der Waals surface area contributed by atoms with Crippen molar-refractivity contribution < 1.29 is 14.4 Å². The molecule has 27 heavy (non-hydrogen) atoms. The summed E-state index contributed by atoms with van der Waals surface area (Å²) in [5, 5.41) is 0.